The van der Waals surface area contributed by atoms with Gasteiger partial charge in [-0.15, -0.1) is 0 Å². The highest BCUT2D eigenvalue weighted by molar-refractivity contribution is 5.26. The largest absolute Gasteiger partial charge is 0.380 e. The van der Waals surface area contributed by atoms with E-state index in [1.807, 2.05) is 14.0 Å². The molecule has 2 nitrogen and oxygen atoms in total. The number of nitrogens with one attached hydrogen (secondary N) is 1. The Morgan fingerprint density at radius 3 is 2.75 bits per heavy atom. The lowest BCUT2D eigenvalue weighted by molar-refractivity contribution is 0.118. The molecule has 0 aliphatic heterocycles. The maximum Gasteiger partial charge on any atom is 0.0622 e. The summed E-state index contributed by atoms with van der Waals surface area (Å²) in [5, 5.41) is 3.37. The lowest BCUT2D eigenvalue weighted by atomic mass is 10.1. The summed E-state index contributed by atoms with van der Waals surface area (Å²) in [4.78, 5) is 0. The zero-order chi connectivity index (χ0) is 11.4. The van der Waals surface area contributed by atoms with E-state index in [0.29, 0.717) is 6.04 Å². The van der Waals surface area contributed by atoms with Gasteiger partial charge in [0.2, 0.25) is 0 Å². The molecule has 2 rings (SSSR count). The summed E-state index contributed by atoms with van der Waals surface area (Å²) in [5.74, 6) is 1.48. The minimum absolute atomic E-state index is 0.505. The highest BCUT2D eigenvalue weighted by atomic mass is 16.5. The van der Waals surface area contributed by atoms with Crippen LogP contribution in [-0.4, -0.2) is 26.3 Å². The van der Waals surface area contributed by atoms with Crippen LogP contribution in [0.3, 0.4) is 0 Å². The van der Waals surface area contributed by atoms with Crippen molar-refractivity contribution in [2.75, 3.05) is 20.3 Å². The molecule has 1 aromatic rings. The molecule has 0 aromatic heterocycles. The Kier molecular flexibility index (Phi) is 3.97. The van der Waals surface area contributed by atoms with Gasteiger partial charge in [0.1, 0.15) is 0 Å². The van der Waals surface area contributed by atoms with E-state index in [1.165, 1.54) is 12.0 Å². The fraction of sp³-hybridized carbons (Fsp3) is 0.571. The third-order valence-corrected chi connectivity index (χ3v) is 3.46. The molecule has 2 heteroatoms. The third-order valence-electron chi connectivity index (χ3n) is 3.46. The van der Waals surface area contributed by atoms with Crippen LogP contribution in [0.25, 0.3) is 0 Å². The summed E-state index contributed by atoms with van der Waals surface area (Å²) < 4.78 is 5.51. The molecule has 0 radical (unpaired) electrons. The predicted octanol–water partition coefficient (Wildman–Crippen LogP) is 2.41. The summed E-state index contributed by atoms with van der Waals surface area (Å²) in [5.41, 5.74) is 1.48. The molecule has 0 heterocycles. The van der Waals surface area contributed by atoms with E-state index in [2.05, 4.69) is 35.6 Å². The summed E-state index contributed by atoms with van der Waals surface area (Å²) in [6, 6.07) is 11.3. The standard InChI is InChI=1S/C14H21NO/c1-3-16-10-14(15-2)13-9-12(13)11-7-5-4-6-8-11/h4-8,12-15H,3,9-10H2,1-2H3. The molecule has 0 amide bonds. The minimum Gasteiger partial charge on any atom is -0.380 e. The lowest BCUT2D eigenvalue weighted by Gasteiger charge is -2.15. The molecule has 3 atom stereocenters. The van der Waals surface area contributed by atoms with Crippen LogP contribution < -0.4 is 5.32 Å². The highest BCUT2D eigenvalue weighted by Gasteiger charge is 2.43. The first kappa shape index (κ1) is 11.6. The van der Waals surface area contributed by atoms with Crippen LogP contribution in [0.1, 0.15) is 24.8 Å². The Morgan fingerprint density at radius 1 is 1.38 bits per heavy atom. The van der Waals surface area contributed by atoms with Gasteiger partial charge in [0.25, 0.3) is 0 Å². The van der Waals surface area contributed by atoms with Crippen molar-refractivity contribution >= 4 is 0 Å². The molecule has 3 unspecified atom stereocenters. The van der Waals surface area contributed by atoms with E-state index >= 15 is 0 Å². The predicted molar refractivity (Wildman–Crippen MR) is 66.6 cm³/mol. The number of likely N-dealkylation sites (N-methyl/N-ethyl adjacent to an activating group) is 1. The third kappa shape index (κ3) is 2.63. The monoisotopic (exact) mass is 219 g/mol. The van der Waals surface area contributed by atoms with Gasteiger partial charge in [-0.3, -0.25) is 0 Å². The Balaban J connectivity index is 1.89. The molecule has 1 N–H and O–H groups in total. The van der Waals surface area contributed by atoms with Crippen LogP contribution in [0.15, 0.2) is 30.3 Å². The van der Waals surface area contributed by atoms with Gasteiger partial charge in [0.15, 0.2) is 0 Å². The summed E-state index contributed by atoms with van der Waals surface area (Å²) in [7, 11) is 2.03. The molecule has 0 bridgehead atoms. The molecule has 0 spiro atoms. The molecule has 1 fully saturated rings. The van der Waals surface area contributed by atoms with E-state index in [-0.39, 0.29) is 0 Å². The van der Waals surface area contributed by atoms with Crippen molar-refractivity contribution in [1.82, 2.24) is 5.32 Å². The highest BCUT2D eigenvalue weighted by Crippen LogP contribution is 2.49. The quantitative estimate of drug-likeness (QED) is 0.793. The van der Waals surface area contributed by atoms with Gasteiger partial charge >= 0.3 is 0 Å². The Morgan fingerprint density at radius 2 is 2.12 bits per heavy atom. The van der Waals surface area contributed by atoms with Crippen molar-refractivity contribution in [2.24, 2.45) is 5.92 Å². The van der Waals surface area contributed by atoms with Crippen molar-refractivity contribution in [2.45, 2.75) is 25.3 Å². The van der Waals surface area contributed by atoms with E-state index < -0.39 is 0 Å². The zero-order valence-electron chi connectivity index (χ0n) is 10.1. The number of rotatable bonds is 6. The van der Waals surface area contributed by atoms with Crippen LogP contribution in [-0.2, 0) is 4.74 Å². The van der Waals surface area contributed by atoms with Crippen molar-refractivity contribution in [3.8, 4) is 0 Å². The number of benzene rings is 1. The van der Waals surface area contributed by atoms with Gasteiger partial charge in [0.05, 0.1) is 6.61 Å². The van der Waals surface area contributed by atoms with Crippen molar-refractivity contribution in [1.29, 1.82) is 0 Å². The van der Waals surface area contributed by atoms with Crippen LogP contribution in [0.5, 0.6) is 0 Å². The summed E-state index contributed by atoms with van der Waals surface area (Å²) in [6.07, 6.45) is 1.29. The van der Waals surface area contributed by atoms with Crippen molar-refractivity contribution in [3.05, 3.63) is 35.9 Å². The first-order chi connectivity index (χ1) is 7.86. The molecule has 88 valence electrons. The van der Waals surface area contributed by atoms with Crippen LogP contribution in [0.2, 0.25) is 0 Å². The maximum atomic E-state index is 5.51. The number of ether oxygens (including phenoxy) is 1. The van der Waals surface area contributed by atoms with Gasteiger partial charge in [-0.25, -0.2) is 0 Å². The second-order valence-corrected chi connectivity index (χ2v) is 4.47. The second kappa shape index (κ2) is 5.46. The van der Waals surface area contributed by atoms with Gasteiger partial charge in [-0.05, 0) is 37.8 Å². The fourth-order valence-corrected chi connectivity index (χ4v) is 2.41. The molecule has 16 heavy (non-hydrogen) atoms. The van der Waals surface area contributed by atoms with Crippen LogP contribution >= 0.6 is 0 Å². The van der Waals surface area contributed by atoms with Gasteiger partial charge in [0, 0.05) is 12.6 Å². The first-order valence-electron chi connectivity index (χ1n) is 6.16. The smallest absolute Gasteiger partial charge is 0.0622 e. The van der Waals surface area contributed by atoms with Gasteiger partial charge in [-0.1, -0.05) is 30.3 Å². The van der Waals surface area contributed by atoms with E-state index in [4.69, 9.17) is 4.74 Å². The van der Waals surface area contributed by atoms with Crippen LogP contribution in [0.4, 0.5) is 0 Å². The minimum atomic E-state index is 0.505. The Labute approximate surface area is 98.0 Å². The summed E-state index contributed by atoms with van der Waals surface area (Å²) >= 11 is 0. The van der Waals surface area contributed by atoms with Gasteiger partial charge in [-0.2, -0.15) is 0 Å². The van der Waals surface area contributed by atoms with E-state index in [1.54, 1.807) is 0 Å². The average molecular weight is 219 g/mol. The summed E-state index contributed by atoms with van der Waals surface area (Å²) in [6.45, 7) is 3.69. The van der Waals surface area contributed by atoms with Crippen LogP contribution in [0, 0.1) is 5.92 Å². The first-order valence-corrected chi connectivity index (χ1v) is 6.16. The van der Waals surface area contributed by atoms with Crippen molar-refractivity contribution in [3.63, 3.8) is 0 Å². The average Bonchev–Trinajstić information content (AvgIpc) is 3.12. The molecule has 0 saturated heterocycles. The Hall–Kier alpha value is -0.860. The molecule has 1 saturated carbocycles. The van der Waals surface area contributed by atoms with Gasteiger partial charge < -0.3 is 10.1 Å². The Bertz CT molecular complexity index is 312. The number of hydrogen-bond donors (Lipinski definition) is 1. The molecule has 1 aliphatic carbocycles. The molecule has 1 aromatic carbocycles. The van der Waals surface area contributed by atoms with Crippen molar-refractivity contribution < 1.29 is 4.74 Å². The SMILES string of the molecule is CCOCC(NC)C1CC1c1ccccc1. The fourth-order valence-electron chi connectivity index (χ4n) is 2.41. The topological polar surface area (TPSA) is 21.3 Å². The number of hydrogen-bond acceptors (Lipinski definition) is 2. The lowest BCUT2D eigenvalue weighted by Crippen LogP contribution is -2.33. The van der Waals surface area contributed by atoms with E-state index in [0.717, 1.165) is 25.0 Å². The molecule has 1 aliphatic rings. The molecular weight excluding hydrogens is 198 g/mol. The normalized spacial score (nSPS) is 25.4. The maximum absolute atomic E-state index is 5.51. The molecular formula is C14H21NO. The van der Waals surface area contributed by atoms with E-state index in [9.17, 15) is 0 Å². The second-order valence-electron chi connectivity index (χ2n) is 4.47. The zero-order valence-corrected chi connectivity index (χ0v) is 10.1.